The van der Waals surface area contributed by atoms with Gasteiger partial charge in [-0.2, -0.15) is 12.6 Å². The third kappa shape index (κ3) is 3.98. The van der Waals surface area contributed by atoms with Gasteiger partial charge in [-0.05, 0) is 12.0 Å². The number of nitrogens with one attached hydrogen (secondary N) is 1. The van der Waals surface area contributed by atoms with Gasteiger partial charge in [0.15, 0.2) is 0 Å². The zero-order valence-corrected chi connectivity index (χ0v) is 10.3. The Morgan fingerprint density at radius 2 is 2.07 bits per heavy atom. The predicted octanol–water partition coefficient (Wildman–Crippen LogP) is 0.784. The molecule has 0 spiro atoms. The quantitative estimate of drug-likeness (QED) is 0.475. The van der Waals surface area contributed by atoms with Crippen LogP contribution in [0.4, 0.5) is 0 Å². The van der Waals surface area contributed by atoms with Gasteiger partial charge in [0.1, 0.15) is 0 Å². The molecule has 0 aliphatic carbocycles. The van der Waals surface area contributed by atoms with E-state index in [2.05, 4.69) is 43.1 Å². The van der Waals surface area contributed by atoms with E-state index in [1.165, 1.54) is 0 Å². The van der Waals surface area contributed by atoms with Crippen molar-refractivity contribution in [2.75, 3.05) is 0 Å². The molecule has 0 heterocycles. The van der Waals surface area contributed by atoms with Crippen LogP contribution in [0, 0.1) is 0 Å². The van der Waals surface area contributed by atoms with Gasteiger partial charge in [-0.15, -0.1) is 0 Å². The van der Waals surface area contributed by atoms with Gasteiger partial charge in [0.25, 0.3) is 0 Å². The lowest BCUT2D eigenvalue weighted by molar-refractivity contribution is -0.126. The molecule has 82 valence electrons. The maximum Gasteiger partial charge on any atom is 0.226 e. The Labute approximate surface area is 106 Å². The molecule has 0 bridgehead atoms. The number of carbonyl (C=O) groups excluding carboxylic acids is 1. The number of amides is 1. The van der Waals surface area contributed by atoms with Crippen LogP contribution in [-0.4, -0.2) is 15.6 Å². The van der Waals surface area contributed by atoms with Gasteiger partial charge in [0, 0.05) is 0 Å². The van der Waals surface area contributed by atoms with Crippen LogP contribution in [0.2, 0.25) is 0 Å². The topological polar surface area (TPSA) is 32.3 Å². The van der Waals surface area contributed by atoms with E-state index < -0.39 is 5.25 Å². The van der Waals surface area contributed by atoms with Crippen LogP contribution >= 0.6 is 12.6 Å². The van der Waals surface area contributed by atoms with Crippen LogP contribution in [0.25, 0.3) is 0 Å². The summed E-state index contributed by atoms with van der Waals surface area (Å²) in [6.45, 7) is 0. The highest BCUT2D eigenvalue weighted by molar-refractivity contribution is 7.81. The maximum absolute atomic E-state index is 11.5. The zero-order valence-electron chi connectivity index (χ0n) is 7.79. The molecule has 0 radical (unpaired) electrons. The summed E-state index contributed by atoms with van der Waals surface area (Å²) in [5.41, 5.74) is 1.04. The Hall–Kier alpha value is -0.300. The summed E-state index contributed by atoms with van der Waals surface area (Å²) >= 11 is 13.3. The number of thiol groups is 1. The lowest BCUT2D eigenvalue weighted by Crippen LogP contribution is -2.40. The summed E-state index contributed by atoms with van der Waals surface area (Å²) in [5.74, 6) is -0.313. The Morgan fingerprint density at radius 1 is 1.47 bits per heavy atom. The van der Waals surface area contributed by atoms with Gasteiger partial charge in [0.05, 0.1) is 5.25 Å². The molecule has 1 amide bonds. The van der Waals surface area contributed by atoms with E-state index in [4.69, 9.17) is 0 Å². The van der Waals surface area contributed by atoms with Gasteiger partial charge in [-0.25, -0.2) is 0 Å². The number of hydrazine groups is 1. The van der Waals surface area contributed by atoms with Crippen molar-refractivity contribution < 1.29 is 4.79 Å². The molecular formula is C9H10N2OS3-2. The molecule has 0 aliphatic rings. The molecule has 1 aromatic rings. The minimum Gasteiger partial charge on any atom is -0.683 e. The first-order chi connectivity index (χ1) is 7.15. The monoisotopic (exact) mass is 258 g/mol. The zero-order chi connectivity index (χ0) is 11.3. The number of hydrogen-bond donors (Lipinski definition) is 2. The Kier molecular flexibility index (Phi) is 5.38. The fraction of sp³-hybridized carbons (Fsp3) is 0.222. The summed E-state index contributed by atoms with van der Waals surface area (Å²) < 4.78 is 0.843. The van der Waals surface area contributed by atoms with Crippen molar-refractivity contribution in [1.29, 1.82) is 0 Å². The molecule has 1 N–H and O–H groups in total. The molecule has 15 heavy (non-hydrogen) atoms. The van der Waals surface area contributed by atoms with Crippen molar-refractivity contribution in [2.24, 2.45) is 0 Å². The van der Waals surface area contributed by atoms with Crippen molar-refractivity contribution >= 4 is 44.2 Å². The third-order valence-electron chi connectivity index (χ3n) is 1.84. The molecule has 0 aromatic heterocycles. The first-order valence-electron chi connectivity index (χ1n) is 4.26. The number of benzene rings is 1. The normalized spacial score (nSPS) is 12.2. The van der Waals surface area contributed by atoms with Gasteiger partial charge < -0.3 is 34.9 Å². The van der Waals surface area contributed by atoms with Gasteiger partial charge in [0.2, 0.25) is 5.91 Å². The number of carbonyl (C=O) groups is 1. The average Bonchev–Trinajstić information content (AvgIpc) is 2.28. The average molecular weight is 258 g/mol. The summed E-state index contributed by atoms with van der Waals surface area (Å²) in [5, 5.41) is -0.472. The molecule has 3 nitrogen and oxygen atoms in total. The van der Waals surface area contributed by atoms with Crippen LogP contribution in [0.1, 0.15) is 5.56 Å². The van der Waals surface area contributed by atoms with Gasteiger partial charge in [-0.1, -0.05) is 30.3 Å². The number of hydrogen-bond acceptors (Lipinski definition) is 5. The number of nitrogens with zero attached hydrogens (tertiary/aromatic N) is 1. The minimum atomic E-state index is -0.472. The lowest BCUT2D eigenvalue weighted by atomic mass is 10.1. The van der Waals surface area contributed by atoms with Crippen LogP contribution in [0.15, 0.2) is 30.3 Å². The van der Waals surface area contributed by atoms with Crippen LogP contribution in [-0.2, 0) is 36.8 Å². The van der Waals surface area contributed by atoms with E-state index in [0.29, 0.717) is 6.42 Å². The molecule has 1 unspecified atom stereocenters. The van der Waals surface area contributed by atoms with E-state index in [-0.39, 0.29) is 5.91 Å². The van der Waals surface area contributed by atoms with Crippen molar-refractivity contribution in [1.82, 2.24) is 9.25 Å². The molecule has 0 fully saturated rings. The van der Waals surface area contributed by atoms with E-state index in [1.54, 1.807) is 0 Å². The first kappa shape index (κ1) is 12.8. The Balaban J connectivity index is 2.56. The SMILES string of the molecule is O=C(C(S)Cc1ccccc1)N([S-])N[S-]. The molecule has 0 saturated carbocycles. The highest BCUT2D eigenvalue weighted by Crippen LogP contribution is 2.09. The predicted molar refractivity (Wildman–Crippen MR) is 67.6 cm³/mol. The van der Waals surface area contributed by atoms with Crippen LogP contribution in [0.5, 0.6) is 0 Å². The van der Waals surface area contributed by atoms with Crippen molar-refractivity contribution in [2.45, 2.75) is 11.7 Å². The lowest BCUT2D eigenvalue weighted by Gasteiger charge is -2.36. The fourth-order valence-corrected chi connectivity index (χ4v) is 1.73. The smallest absolute Gasteiger partial charge is 0.226 e. The maximum atomic E-state index is 11.5. The van der Waals surface area contributed by atoms with E-state index in [0.717, 1.165) is 9.98 Å². The molecule has 1 rings (SSSR count). The highest BCUT2D eigenvalue weighted by atomic mass is 32.1. The van der Waals surface area contributed by atoms with Crippen molar-refractivity contribution in [3.05, 3.63) is 35.9 Å². The molecule has 1 aromatic carbocycles. The second-order valence-corrected chi connectivity index (χ2v) is 4.10. The summed E-state index contributed by atoms with van der Waals surface area (Å²) in [6, 6.07) is 9.62. The van der Waals surface area contributed by atoms with Crippen LogP contribution < -0.4 is 4.83 Å². The summed E-state index contributed by atoms with van der Waals surface area (Å²) in [7, 11) is 0. The molecule has 6 heteroatoms. The second-order valence-electron chi connectivity index (χ2n) is 2.93. The third-order valence-corrected chi connectivity index (χ3v) is 2.81. The summed E-state index contributed by atoms with van der Waals surface area (Å²) in [4.78, 5) is 13.7. The van der Waals surface area contributed by atoms with E-state index >= 15 is 0 Å². The second kappa shape index (κ2) is 6.32. The summed E-state index contributed by atoms with van der Waals surface area (Å²) in [6.07, 6.45) is 0.535. The Morgan fingerprint density at radius 3 is 2.60 bits per heavy atom. The molecule has 1 atom stereocenters. The minimum absolute atomic E-state index is 0.313. The van der Waals surface area contributed by atoms with Crippen LogP contribution in [0.3, 0.4) is 0 Å². The van der Waals surface area contributed by atoms with Crippen molar-refractivity contribution in [3.8, 4) is 0 Å². The standard InChI is InChI=1S/C9H10N2OS3/c12-9(11(15)10-14)8(13)6-7-4-2-1-3-5-7/h1-5,8,10,13H,6H2/q-2. The largest absolute Gasteiger partial charge is 0.683 e. The Bertz CT molecular complexity index is 320. The van der Waals surface area contributed by atoms with E-state index in [9.17, 15) is 4.79 Å². The highest BCUT2D eigenvalue weighted by Gasteiger charge is 2.13. The van der Waals surface area contributed by atoms with Crippen molar-refractivity contribution in [3.63, 3.8) is 0 Å². The molecular weight excluding hydrogens is 248 g/mol. The molecule has 0 saturated heterocycles. The van der Waals surface area contributed by atoms with E-state index in [1.807, 2.05) is 30.3 Å². The van der Waals surface area contributed by atoms with Gasteiger partial charge >= 0.3 is 0 Å². The number of rotatable bonds is 4. The molecule has 0 aliphatic heterocycles. The van der Waals surface area contributed by atoms with Gasteiger partial charge in [-0.3, -0.25) is 4.79 Å². The first-order valence-corrected chi connectivity index (χ1v) is 5.55. The fourth-order valence-electron chi connectivity index (χ4n) is 1.10.